The van der Waals surface area contributed by atoms with Crippen molar-refractivity contribution in [2.75, 3.05) is 25.4 Å². The van der Waals surface area contributed by atoms with Crippen LogP contribution in [-0.2, 0) is 14.8 Å². The minimum atomic E-state index is -3.18. The minimum Gasteiger partial charge on any atom is -0.353 e. The SMILES string of the molecule is CC(C)NCCS(=O)(=O)N1CCC2NC(=O)CCC2C1. The van der Waals surface area contributed by atoms with Crippen LogP contribution in [-0.4, -0.2) is 56.1 Å². The standard InChI is InChI=1S/C13H25N3O3S/c1-10(2)14-6-8-20(18,19)16-7-5-12-11(9-16)3-4-13(17)15-12/h10-12,14H,3-9H2,1-2H3,(H,15,17). The van der Waals surface area contributed by atoms with Gasteiger partial charge in [-0.2, -0.15) is 0 Å². The van der Waals surface area contributed by atoms with E-state index in [1.807, 2.05) is 13.8 Å². The van der Waals surface area contributed by atoms with Crippen molar-refractivity contribution < 1.29 is 13.2 Å². The fourth-order valence-corrected chi connectivity index (χ4v) is 4.37. The molecule has 2 fully saturated rings. The molecule has 0 aromatic carbocycles. The van der Waals surface area contributed by atoms with E-state index in [1.54, 1.807) is 4.31 Å². The topological polar surface area (TPSA) is 78.5 Å². The molecule has 2 N–H and O–H groups in total. The van der Waals surface area contributed by atoms with Crippen molar-refractivity contribution in [2.24, 2.45) is 5.92 Å². The second kappa shape index (κ2) is 6.41. The highest BCUT2D eigenvalue weighted by molar-refractivity contribution is 7.89. The first-order valence-electron chi connectivity index (χ1n) is 7.39. The molecule has 0 saturated carbocycles. The molecule has 2 saturated heterocycles. The summed E-state index contributed by atoms with van der Waals surface area (Å²) >= 11 is 0. The van der Waals surface area contributed by atoms with Crippen molar-refractivity contribution in [3.8, 4) is 0 Å². The molecule has 0 aromatic heterocycles. The normalized spacial score (nSPS) is 28.2. The van der Waals surface area contributed by atoms with Crippen LogP contribution in [0.5, 0.6) is 0 Å². The van der Waals surface area contributed by atoms with Gasteiger partial charge in [0.2, 0.25) is 15.9 Å². The molecule has 6 nitrogen and oxygen atoms in total. The highest BCUT2D eigenvalue weighted by atomic mass is 32.2. The molecule has 2 heterocycles. The first kappa shape index (κ1) is 15.7. The van der Waals surface area contributed by atoms with Gasteiger partial charge in [-0.3, -0.25) is 4.79 Å². The second-order valence-electron chi connectivity index (χ2n) is 6.04. The Bertz CT molecular complexity index is 450. The lowest BCUT2D eigenvalue weighted by atomic mass is 9.86. The maximum Gasteiger partial charge on any atom is 0.220 e. The van der Waals surface area contributed by atoms with E-state index in [9.17, 15) is 13.2 Å². The van der Waals surface area contributed by atoms with Gasteiger partial charge in [-0.1, -0.05) is 13.8 Å². The molecule has 0 aromatic rings. The van der Waals surface area contributed by atoms with Crippen LogP contribution in [0.25, 0.3) is 0 Å². The number of piperidine rings is 2. The Kier molecular flexibility index (Phi) is 5.04. The number of nitrogens with zero attached hydrogens (tertiary/aromatic N) is 1. The van der Waals surface area contributed by atoms with E-state index in [4.69, 9.17) is 0 Å². The molecule has 0 radical (unpaired) electrons. The van der Waals surface area contributed by atoms with Gasteiger partial charge >= 0.3 is 0 Å². The predicted molar refractivity (Wildman–Crippen MR) is 77.8 cm³/mol. The number of sulfonamides is 1. The molecule has 0 spiro atoms. The molecule has 1 amide bonds. The van der Waals surface area contributed by atoms with Gasteiger partial charge in [0.1, 0.15) is 0 Å². The zero-order valence-electron chi connectivity index (χ0n) is 12.3. The highest BCUT2D eigenvalue weighted by Crippen LogP contribution is 2.26. The zero-order valence-corrected chi connectivity index (χ0v) is 13.1. The van der Waals surface area contributed by atoms with Gasteiger partial charge in [-0.25, -0.2) is 12.7 Å². The van der Waals surface area contributed by atoms with Gasteiger partial charge in [-0.15, -0.1) is 0 Å². The average molecular weight is 303 g/mol. The van der Waals surface area contributed by atoms with Crippen molar-refractivity contribution in [1.29, 1.82) is 0 Å². The van der Waals surface area contributed by atoms with E-state index < -0.39 is 10.0 Å². The summed E-state index contributed by atoms with van der Waals surface area (Å²) in [5, 5.41) is 6.12. The van der Waals surface area contributed by atoms with Gasteiger partial charge in [-0.05, 0) is 18.8 Å². The van der Waals surface area contributed by atoms with Crippen LogP contribution in [0, 0.1) is 5.92 Å². The van der Waals surface area contributed by atoms with Gasteiger partial charge in [0.05, 0.1) is 5.75 Å². The Morgan fingerprint density at radius 1 is 1.40 bits per heavy atom. The molecule has 2 aliphatic heterocycles. The van der Waals surface area contributed by atoms with Gasteiger partial charge in [0.15, 0.2) is 0 Å². The number of hydrogen-bond acceptors (Lipinski definition) is 4. The molecular weight excluding hydrogens is 278 g/mol. The zero-order chi connectivity index (χ0) is 14.8. The Labute approximate surface area is 121 Å². The number of nitrogens with one attached hydrogen (secondary N) is 2. The molecule has 20 heavy (non-hydrogen) atoms. The number of rotatable bonds is 5. The maximum absolute atomic E-state index is 12.3. The molecule has 116 valence electrons. The molecule has 2 atom stereocenters. The van der Waals surface area contributed by atoms with E-state index in [1.165, 1.54) is 0 Å². The van der Waals surface area contributed by atoms with Gasteiger partial charge in [0, 0.05) is 38.1 Å². The van der Waals surface area contributed by atoms with Crippen LogP contribution in [0.2, 0.25) is 0 Å². The Morgan fingerprint density at radius 3 is 2.85 bits per heavy atom. The maximum atomic E-state index is 12.3. The monoisotopic (exact) mass is 303 g/mol. The Morgan fingerprint density at radius 2 is 2.15 bits per heavy atom. The molecular formula is C13H25N3O3S. The molecule has 0 bridgehead atoms. The average Bonchev–Trinajstić information content (AvgIpc) is 2.37. The Balaban J connectivity index is 1.89. The number of carbonyl (C=O) groups is 1. The molecule has 2 rings (SSSR count). The summed E-state index contributed by atoms with van der Waals surface area (Å²) in [7, 11) is -3.18. The van der Waals surface area contributed by atoms with Crippen molar-refractivity contribution in [1.82, 2.24) is 14.9 Å². The summed E-state index contributed by atoms with van der Waals surface area (Å²) in [5.41, 5.74) is 0. The smallest absolute Gasteiger partial charge is 0.220 e. The molecule has 7 heteroatoms. The quantitative estimate of drug-likeness (QED) is 0.744. The summed E-state index contributed by atoms with van der Waals surface area (Å²) in [6.45, 7) is 5.56. The third-order valence-corrected chi connectivity index (χ3v) is 5.93. The van der Waals surface area contributed by atoms with E-state index >= 15 is 0 Å². The van der Waals surface area contributed by atoms with Crippen LogP contribution < -0.4 is 10.6 Å². The molecule has 2 unspecified atom stereocenters. The van der Waals surface area contributed by atoms with E-state index in [2.05, 4.69) is 10.6 Å². The summed E-state index contributed by atoms with van der Waals surface area (Å²) in [5.74, 6) is 0.521. The van der Waals surface area contributed by atoms with Crippen molar-refractivity contribution >= 4 is 15.9 Å². The van der Waals surface area contributed by atoms with Crippen LogP contribution in [0.4, 0.5) is 0 Å². The van der Waals surface area contributed by atoms with E-state index in [0.29, 0.717) is 32.1 Å². The number of carbonyl (C=O) groups excluding carboxylic acids is 1. The number of fused-ring (bicyclic) bond motifs is 1. The lowest BCUT2D eigenvalue weighted by Gasteiger charge is -2.40. The van der Waals surface area contributed by atoms with Crippen LogP contribution in [0.1, 0.15) is 33.1 Å². The summed E-state index contributed by atoms with van der Waals surface area (Å²) in [6.07, 6.45) is 2.05. The van der Waals surface area contributed by atoms with Crippen molar-refractivity contribution in [2.45, 2.75) is 45.2 Å². The number of amides is 1. The van der Waals surface area contributed by atoms with Crippen molar-refractivity contribution in [3.63, 3.8) is 0 Å². The van der Waals surface area contributed by atoms with Crippen LogP contribution in [0.3, 0.4) is 0 Å². The number of hydrogen-bond donors (Lipinski definition) is 2. The van der Waals surface area contributed by atoms with Gasteiger partial charge < -0.3 is 10.6 Å². The molecule has 2 aliphatic rings. The summed E-state index contributed by atoms with van der Waals surface area (Å²) in [6, 6.07) is 0.459. The lowest BCUT2D eigenvalue weighted by molar-refractivity contribution is -0.124. The van der Waals surface area contributed by atoms with Gasteiger partial charge in [0.25, 0.3) is 0 Å². The Hall–Kier alpha value is -0.660. The van der Waals surface area contributed by atoms with Crippen LogP contribution in [0.15, 0.2) is 0 Å². The van der Waals surface area contributed by atoms with Crippen LogP contribution >= 0.6 is 0 Å². The largest absolute Gasteiger partial charge is 0.353 e. The lowest BCUT2D eigenvalue weighted by Crippen LogP contribution is -2.55. The second-order valence-corrected chi connectivity index (χ2v) is 8.13. The third kappa shape index (κ3) is 3.93. The first-order valence-corrected chi connectivity index (χ1v) is 9.00. The molecule has 0 aliphatic carbocycles. The van der Waals surface area contributed by atoms with Crippen molar-refractivity contribution in [3.05, 3.63) is 0 Å². The summed E-state index contributed by atoms with van der Waals surface area (Å²) < 4.78 is 26.2. The van der Waals surface area contributed by atoms with E-state index in [0.717, 1.165) is 12.8 Å². The minimum absolute atomic E-state index is 0.101. The first-order chi connectivity index (χ1) is 9.38. The van der Waals surface area contributed by atoms with E-state index in [-0.39, 0.29) is 23.6 Å². The predicted octanol–water partition coefficient (Wildman–Crippen LogP) is -0.0853. The fourth-order valence-electron chi connectivity index (χ4n) is 2.94. The summed E-state index contributed by atoms with van der Waals surface area (Å²) in [4.78, 5) is 11.4. The fraction of sp³-hybridized carbons (Fsp3) is 0.923. The third-order valence-electron chi connectivity index (χ3n) is 4.09. The highest BCUT2D eigenvalue weighted by Gasteiger charge is 2.37.